The molecule has 1 saturated heterocycles. The van der Waals surface area contributed by atoms with Crippen LogP contribution in [0.15, 0.2) is 0 Å². The van der Waals surface area contributed by atoms with Gasteiger partial charge in [-0.2, -0.15) is 5.10 Å². The molecule has 3 heteroatoms. The minimum Gasteiger partial charge on any atom is -0.297 e. The normalized spacial score (nSPS) is 17.9. The van der Waals surface area contributed by atoms with Crippen molar-refractivity contribution in [3.8, 4) is 0 Å². The van der Waals surface area contributed by atoms with Crippen LogP contribution < -0.4 is 0 Å². The second-order valence-electron chi connectivity index (χ2n) is 4.26. The number of aromatic nitrogens is 2. The van der Waals surface area contributed by atoms with Crippen molar-refractivity contribution in [2.75, 3.05) is 13.1 Å². The van der Waals surface area contributed by atoms with Gasteiger partial charge < -0.3 is 0 Å². The van der Waals surface area contributed by atoms with Crippen LogP contribution in [0.2, 0.25) is 0 Å². The second kappa shape index (κ2) is 3.73. The zero-order valence-corrected chi connectivity index (χ0v) is 9.38. The van der Waals surface area contributed by atoms with Gasteiger partial charge in [0, 0.05) is 19.3 Å². The summed E-state index contributed by atoms with van der Waals surface area (Å²) in [4.78, 5) is 2.49. The highest BCUT2D eigenvalue weighted by Crippen LogP contribution is 2.16. The smallest absolute Gasteiger partial charge is 0.0796 e. The molecule has 0 bridgehead atoms. The number of hydrogen-bond donors (Lipinski definition) is 0. The molecule has 1 aliphatic heterocycles. The molecule has 0 unspecified atom stereocenters. The van der Waals surface area contributed by atoms with Crippen molar-refractivity contribution in [2.24, 2.45) is 7.05 Å². The van der Waals surface area contributed by atoms with Gasteiger partial charge in [0.1, 0.15) is 0 Å². The van der Waals surface area contributed by atoms with E-state index < -0.39 is 0 Å². The average molecular weight is 193 g/mol. The fourth-order valence-electron chi connectivity index (χ4n) is 2.09. The van der Waals surface area contributed by atoms with Crippen LogP contribution in [0.3, 0.4) is 0 Å². The van der Waals surface area contributed by atoms with Crippen molar-refractivity contribution >= 4 is 0 Å². The summed E-state index contributed by atoms with van der Waals surface area (Å²) in [5.74, 6) is 0. The third kappa shape index (κ3) is 1.69. The van der Waals surface area contributed by atoms with Crippen LogP contribution in [0.1, 0.15) is 29.8 Å². The molecule has 0 spiro atoms. The van der Waals surface area contributed by atoms with E-state index in [1.807, 2.05) is 11.7 Å². The minimum absolute atomic E-state index is 1.04. The molecule has 1 fully saturated rings. The number of aryl methyl sites for hydroxylation is 1. The quantitative estimate of drug-likeness (QED) is 0.712. The van der Waals surface area contributed by atoms with Crippen LogP contribution in [0.25, 0.3) is 0 Å². The molecule has 0 aromatic carbocycles. The zero-order chi connectivity index (χ0) is 10.1. The Morgan fingerprint density at radius 2 is 1.86 bits per heavy atom. The molecule has 0 radical (unpaired) electrons. The maximum absolute atomic E-state index is 4.55. The highest BCUT2D eigenvalue weighted by atomic mass is 15.3. The second-order valence-corrected chi connectivity index (χ2v) is 4.26. The first kappa shape index (κ1) is 9.71. The first-order valence-corrected chi connectivity index (χ1v) is 5.40. The van der Waals surface area contributed by atoms with E-state index in [0.29, 0.717) is 0 Å². The Labute approximate surface area is 85.7 Å². The van der Waals surface area contributed by atoms with Crippen molar-refractivity contribution in [3.63, 3.8) is 0 Å². The Kier molecular flexibility index (Phi) is 2.59. The molecule has 0 amide bonds. The van der Waals surface area contributed by atoms with Crippen molar-refractivity contribution in [1.82, 2.24) is 14.7 Å². The van der Waals surface area contributed by atoms with Gasteiger partial charge in [-0.15, -0.1) is 0 Å². The van der Waals surface area contributed by atoms with Crippen LogP contribution in [0.4, 0.5) is 0 Å². The molecule has 2 heterocycles. The van der Waals surface area contributed by atoms with Crippen molar-refractivity contribution < 1.29 is 0 Å². The highest BCUT2D eigenvalue weighted by Gasteiger charge is 2.15. The van der Waals surface area contributed by atoms with Crippen LogP contribution >= 0.6 is 0 Å². The molecular weight excluding hydrogens is 174 g/mol. The summed E-state index contributed by atoms with van der Waals surface area (Å²) in [7, 11) is 2.02. The Morgan fingerprint density at radius 1 is 1.21 bits per heavy atom. The SMILES string of the molecule is Cc1c(CN2CCCC2)nn(C)c1C. The van der Waals surface area contributed by atoms with E-state index >= 15 is 0 Å². The van der Waals surface area contributed by atoms with Crippen LogP contribution in [0.5, 0.6) is 0 Å². The Balaban J connectivity index is 2.12. The number of rotatable bonds is 2. The van der Waals surface area contributed by atoms with Crippen molar-refractivity contribution in [2.45, 2.75) is 33.2 Å². The summed E-state index contributed by atoms with van der Waals surface area (Å²) < 4.78 is 1.99. The molecule has 1 aromatic heterocycles. The van der Waals surface area contributed by atoms with Gasteiger partial charge in [0.05, 0.1) is 5.69 Å². The predicted octanol–water partition coefficient (Wildman–Crippen LogP) is 1.63. The molecule has 78 valence electrons. The maximum Gasteiger partial charge on any atom is 0.0796 e. The van der Waals surface area contributed by atoms with E-state index in [2.05, 4.69) is 23.8 Å². The third-order valence-electron chi connectivity index (χ3n) is 3.30. The largest absolute Gasteiger partial charge is 0.297 e. The molecule has 0 saturated carbocycles. The van der Waals surface area contributed by atoms with Crippen LogP contribution in [0, 0.1) is 13.8 Å². The van der Waals surface area contributed by atoms with Gasteiger partial charge >= 0.3 is 0 Å². The number of nitrogens with zero attached hydrogens (tertiary/aromatic N) is 3. The fraction of sp³-hybridized carbons (Fsp3) is 0.727. The molecular formula is C11H19N3. The van der Waals surface area contributed by atoms with E-state index in [0.717, 1.165) is 6.54 Å². The Morgan fingerprint density at radius 3 is 2.36 bits per heavy atom. The predicted molar refractivity (Wildman–Crippen MR) is 57.2 cm³/mol. The minimum atomic E-state index is 1.04. The lowest BCUT2D eigenvalue weighted by Gasteiger charge is -2.12. The Bertz CT molecular complexity index is 322. The molecule has 1 aromatic rings. The molecule has 2 rings (SSSR count). The van der Waals surface area contributed by atoms with E-state index in [1.165, 1.54) is 42.9 Å². The lowest BCUT2D eigenvalue weighted by Crippen LogP contribution is -2.19. The summed E-state index contributed by atoms with van der Waals surface area (Å²) >= 11 is 0. The van der Waals surface area contributed by atoms with Gasteiger partial charge in [-0.05, 0) is 45.3 Å². The lowest BCUT2D eigenvalue weighted by atomic mass is 10.2. The average Bonchev–Trinajstić information content (AvgIpc) is 2.73. The molecule has 0 aliphatic carbocycles. The lowest BCUT2D eigenvalue weighted by molar-refractivity contribution is 0.325. The van der Waals surface area contributed by atoms with Gasteiger partial charge in [0.2, 0.25) is 0 Å². The van der Waals surface area contributed by atoms with Gasteiger partial charge in [-0.25, -0.2) is 0 Å². The van der Waals surface area contributed by atoms with Crippen molar-refractivity contribution in [1.29, 1.82) is 0 Å². The van der Waals surface area contributed by atoms with Crippen molar-refractivity contribution in [3.05, 3.63) is 17.0 Å². The van der Waals surface area contributed by atoms with Gasteiger partial charge in [0.15, 0.2) is 0 Å². The standard InChI is InChI=1S/C11H19N3/c1-9-10(2)13(3)12-11(9)8-14-6-4-5-7-14/h4-8H2,1-3H3. The number of likely N-dealkylation sites (tertiary alicyclic amines) is 1. The summed E-state index contributed by atoms with van der Waals surface area (Å²) in [6, 6.07) is 0. The first-order valence-electron chi connectivity index (χ1n) is 5.40. The summed E-state index contributed by atoms with van der Waals surface area (Å²) in [5, 5.41) is 4.55. The third-order valence-corrected chi connectivity index (χ3v) is 3.30. The Hall–Kier alpha value is -0.830. The molecule has 0 N–H and O–H groups in total. The monoisotopic (exact) mass is 193 g/mol. The fourth-order valence-corrected chi connectivity index (χ4v) is 2.09. The van der Waals surface area contributed by atoms with E-state index in [4.69, 9.17) is 0 Å². The van der Waals surface area contributed by atoms with E-state index in [9.17, 15) is 0 Å². The summed E-state index contributed by atoms with van der Waals surface area (Å²) in [6.07, 6.45) is 2.70. The molecule has 0 atom stereocenters. The molecule has 1 aliphatic rings. The van der Waals surface area contributed by atoms with Gasteiger partial charge in [-0.1, -0.05) is 0 Å². The highest BCUT2D eigenvalue weighted by molar-refractivity contribution is 5.23. The topological polar surface area (TPSA) is 21.1 Å². The first-order chi connectivity index (χ1) is 6.68. The summed E-state index contributed by atoms with van der Waals surface area (Å²) in [6.45, 7) is 7.83. The van der Waals surface area contributed by atoms with Gasteiger partial charge in [0.25, 0.3) is 0 Å². The van der Waals surface area contributed by atoms with E-state index in [1.54, 1.807) is 0 Å². The number of hydrogen-bond acceptors (Lipinski definition) is 2. The summed E-state index contributed by atoms with van der Waals surface area (Å²) in [5.41, 5.74) is 3.91. The van der Waals surface area contributed by atoms with Crippen LogP contribution in [-0.2, 0) is 13.6 Å². The molecule has 3 nitrogen and oxygen atoms in total. The maximum atomic E-state index is 4.55. The molecule has 14 heavy (non-hydrogen) atoms. The van der Waals surface area contributed by atoms with E-state index in [-0.39, 0.29) is 0 Å². The zero-order valence-electron chi connectivity index (χ0n) is 9.38. The van der Waals surface area contributed by atoms with Crippen LogP contribution in [-0.4, -0.2) is 27.8 Å². The van der Waals surface area contributed by atoms with Gasteiger partial charge in [-0.3, -0.25) is 9.58 Å².